The van der Waals surface area contributed by atoms with Gasteiger partial charge in [0.2, 0.25) is 6.17 Å². The monoisotopic (exact) mass is 176 g/mol. The third kappa shape index (κ3) is 1.25. The first-order valence-corrected chi connectivity index (χ1v) is 3.32. The first-order chi connectivity index (χ1) is 5.57. The maximum Gasteiger partial charge on any atom is 0.326 e. The Bertz CT molecular complexity index is 201. The molecule has 0 aromatic carbocycles. The highest BCUT2D eigenvalue weighted by Gasteiger charge is 2.39. The summed E-state index contributed by atoms with van der Waals surface area (Å²) in [5.74, 6) is -0.954. The summed E-state index contributed by atoms with van der Waals surface area (Å²) < 4.78 is 17.6. The van der Waals surface area contributed by atoms with Crippen molar-refractivity contribution in [2.45, 2.75) is 12.4 Å². The number of nitrogens with zero attached hydrogens (tertiary/aromatic N) is 1. The van der Waals surface area contributed by atoms with Crippen molar-refractivity contribution in [1.82, 2.24) is 10.2 Å². The van der Waals surface area contributed by atoms with Gasteiger partial charge < -0.3 is 4.74 Å². The number of carbonyl (C=O) groups is 2. The lowest BCUT2D eigenvalue weighted by Crippen LogP contribution is -2.60. The van der Waals surface area contributed by atoms with E-state index in [-0.39, 0.29) is 0 Å². The molecule has 0 radical (unpaired) electrons. The van der Waals surface area contributed by atoms with Gasteiger partial charge in [0.05, 0.1) is 0 Å². The van der Waals surface area contributed by atoms with Crippen LogP contribution in [0.2, 0.25) is 0 Å². The van der Waals surface area contributed by atoms with Crippen molar-refractivity contribution in [3.8, 4) is 0 Å². The van der Waals surface area contributed by atoms with Gasteiger partial charge in [-0.05, 0) is 0 Å². The van der Waals surface area contributed by atoms with Crippen LogP contribution in [0, 0.1) is 0 Å². The van der Waals surface area contributed by atoms with Gasteiger partial charge in [-0.2, -0.15) is 0 Å². The van der Waals surface area contributed by atoms with E-state index in [0.29, 0.717) is 0 Å². The Morgan fingerprint density at radius 3 is 2.67 bits per heavy atom. The van der Waals surface area contributed by atoms with Crippen LogP contribution in [0.3, 0.4) is 0 Å². The summed E-state index contributed by atoms with van der Waals surface area (Å²) >= 11 is 0. The predicted molar refractivity (Wildman–Crippen MR) is 37.0 cm³/mol. The Labute approximate surface area is 68.5 Å². The van der Waals surface area contributed by atoms with Gasteiger partial charge in [0, 0.05) is 14.2 Å². The number of carbonyl (C=O) groups excluding carboxylic acids is 2. The van der Waals surface area contributed by atoms with Crippen molar-refractivity contribution in [3.05, 3.63) is 0 Å². The van der Waals surface area contributed by atoms with Gasteiger partial charge in [-0.1, -0.05) is 0 Å². The maximum absolute atomic E-state index is 12.9. The first-order valence-electron chi connectivity index (χ1n) is 3.32. The molecule has 0 spiro atoms. The topological polar surface area (TPSA) is 58.6 Å². The molecule has 1 heterocycles. The highest BCUT2D eigenvalue weighted by molar-refractivity contribution is 5.99. The molecule has 2 atom stereocenters. The summed E-state index contributed by atoms with van der Waals surface area (Å²) in [5, 5.41) is 1.84. The molecule has 6 heteroatoms. The summed E-state index contributed by atoms with van der Waals surface area (Å²) in [6, 6.07) is -0.652. The minimum atomic E-state index is -1.82. The molecule has 0 bridgehead atoms. The lowest BCUT2D eigenvalue weighted by Gasteiger charge is -2.32. The normalized spacial score (nSPS) is 30.4. The number of amides is 3. The molecule has 0 aromatic heterocycles. The summed E-state index contributed by atoms with van der Waals surface area (Å²) in [5.41, 5.74) is 0. The SMILES string of the molecule is CO[C@H]1[C@@H](F)C(=O)NC(=O)N1C. The van der Waals surface area contributed by atoms with E-state index in [4.69, 9.17) is 0 Å². The Morgan fingerprint density at radius 2 is 2.17 bits per heavy atom. The van der Waals surface area contributed by atoms with Crippen LogP contribution in [0.4, 0.5) is 9.18 Å². The highest BCUT2D eigenvalue weighted by atomic mass is 19.1. The predicted octanol–water partition coefficient (Wildman–Crippen LogP) is -0.521. The van der Waals surface area contributed by atoms with Crippen LogP contribution in [-0.4, -0.2) is 43.4 Å². The van der Waals surface area contributed by atoms with Gasteiger partial charge in [-0.3, -0.25) is 15.0 Å². The van der Waals surface area contributed by atoms with Crippen molar-refractivity contribution in [3.63, 3.8) is 0 Å². The number of urea groups is 1. The second-order valence-electron chi connectivity index (χ2n) is 2.43. The van der Waals surface area contributed by atoms with E-state index in [1.165, 1.54) is 14.2 Å². The Morgan fingerprint density at radius 1 is 1.58 bits per heavy atom. The molecule has 1 aliphatic heterocycles. The Balaban J connectivity index is 2.80. The average molecular weight is 176 g/mol. The molecule has 3 amide bonds. The number of hydrogen-bond acceptors (Lipinski definition) is 3. The standard InChI is InChI=1S/C6H9FN2O3/c1-9-5(12-2)3(7)4(10)8-6(9)11/h3,5H,1-2H3,(H,8,10,11)/t3-,5-/m0/s1. The maximum atomic E-state index is 12.9. The second kappa shape index (κ2) is 3.06. The van der Waals surface area contributed by atoms with E-state index < -0.39 is 24.3 Å². The molecule has 1 rings (SSSR count). The summed E-state index contributed by atoms with van der Waals surface area (Å²) in [6.07, 6.45) is -2.94. The molecule has 0 aliphatic carbocycles. The summed E-state index contributed by atoms with van der Waals surface area (Å²) in [6.45, 7) is 0. The van der Waals surface area contributed by atoms with Crippen molar-refractivity contribution in [2.24, 2.45) is 0 Å². The van der Waals surface area contributed by atoms with E-state index in [1.54, 1.807) is 0 Å². The molecule has 68 valence electrons. The zero-order valence-electron chi connectivity index (χ0n) is 6.70. The zero-order valence-corrected chi connectivity index (χ0v) is 6.70. The van der Waals surface area contributed by atoms with Crippen molar-refractivity contribution in [1.29, 1.82) is 0 Å². The van der Waals surface area contributed by atoms with Crippen molar-refractivity contribution in [2.75, 3.05) is 14.2 Å². The molecule has 0 unspecified atom stereocenters. The zero-order chi connectivity index (χ0) is 9.30. The van der Waals surface area contributed by atoms with Crippen LogP contribution in [0.5, 0.6) is 0 Å². The van der Waals surface area contributed by atoms with Crippen LogP contribution < -0.4 is 5.32 Å². The fraction of sp³-hybridized carbons (Fsp3) is 0.667. The molecule has 12 heavy (non-hydrogen) atoms. The molecule has 5 nitrogen and oxygen atoms in total. The fourth-order valence-electron chi connectivity index (χ4n) is 0.981. The number of alkyl halides is 1. The third-order valence-corrected chi connectivity index (χ3v) is 1.67. The average Bonchev–Trinajstić information content (AvgIpc) is 2.02. The van der Waals surface area contributed by atoms with Gasteiger partial charge in [0.1, 0.15) is 0 Å². The van der Waals surface area contributed by atoms with Crippen molar-refractivity contribution < 1.29 is 18.7 Å². The van der Waals surface area contributed by atoms with E-state index in [9.17, 15) is 14.0 Å². The lowest BCUT2D eigenvalue weighted by molar-refractivity contribution is -0.140. The molecule has 0 aromatic rings. The number of imide groups is 1. The Kier molecular flexibility index (Phi) is 2.27. The number of nitrogens with one attached hydrogen (secondary N) is 1. The fourth-order valence-corrected chi connectivity index (χ4v) is 0.981. The number of halogens is 1. The van der Waals surface area contributed by atoms with Gasteiger partial charge >= 0.3 is 6.03 Å². The van der Waals surface area contributed by atoms with Crippen molar-refractivity contribution >= 4 is 11.9 Å². The van der Waals surface area contributed by atoms with Gasteiger partial charge in [-0.25, -0.2) is 9.18 Å². The van der Waals surface area contributed by atoms with Crippen LogP contribution in [-0.2, 0) is 9.53 Å². The second-order valence-corrected chi connectivity index (χ2v) is 2.43. The van der Waals surface area contributed by atoms with E-state index >= 15 is 0 Å². The molecular formula is C6H9FN2O3. The molecule has 0 saturated carbocycles. The molecule has 1 saturated heterocycles. The number of rotatable bonds is 1. The van der Waals surface area contributed by atoms with Crippen LogP contribution in [0.15, 0.2) is 0 Å². The summed E-state index contributed by atoms with van der Waals surface area (Å²) in [4.78, 5) is 22.6. The minimum absolute atomic E-state index is 0.652. The number of hydrogen-bond donors (Lipinski definition) is 1. The number of ether oxygens (including phenoxy) is 1. The van der Waals surface area contributed by atoms with Gasteiger partial charge in [0.15, 0.2) is 6.23 Å². The van der Waals surface area contributed by atoms with Crippen LogP contribution in [0.1, 0.15) is 0 Å². The molecule has 1 fully saturated rings. The number of methoxy groups -OCH3 is 1. The summed E-state index contributed by atoms with van der Waals surface area (Å²) in [7, 11) is 2.59. The Hall–Kier alpha value is -1.17. The molecular weight excluding hydrogens is 167 g/mol. The lowest BCUT2D eigenvalue weighted by atomic mass is 10.2. The highest BCUT2D eigenvalue weighted by Crippen LogP contribution is 2.12. The van der Waals surface area contributed by atoms with Gasteiger partial charge in [0.25, 0.3) is 5.91 Å². The quantitative estimate of drug-likeness (QED) is 0.584. The first kappa shape index (κ1) is 8.92. The minimum Gasteiger partial charge on any atom is -0.358 e. The van der Waals surface area contributed by atoms with Crippen LogP contribution in [0.25, 0.3) is 0 Å². The largest absolute Gasteiger partial charge is 0.358 e. The smallest absolute Gasteiger partial charge is 0.326 e. The van der Waals surface area contributed by atoms with Gasteiger partial charge in [-0.15, -0.1) is 0 Å². The third-order valence-electron chi connectivity index (χ3n) is 1.67. The molecule has 1 N–H and O–H groups in total. The van der Waals surface area contributed by atoms with Crippen LogP contribution >= 0.6 is 0 Å². The molecule has 1 aliphatic rings. The van der Waals surface area contributed by atoms with E-state index in [1.807, 2.05) is 5.32 Å². The van der Waals surface area contributed by atoms with E-state index in [0.717, 1.165) is 4.90 Å². The van der Waals surface area contributed by atoms with E-state index in [2.05, 4.69) is 4.74 Å².